The van der Waals surface area contributed by atoms with Gasteiger partial charge in [0, 0.05) is 52.6 Å². The van der Waals surface area contributed by atoms with Gasteiger partial charge >= 0.3 is 6.09 Å². The summed E-state index contributed by atoms with van der Waals surface area (Å²) in [7, 11) is 0. The second-order valence-corrected chi connectivity index (χ2v) is 11.4. The number of rotatable bonds is 9. The number of pyridine rings is 4. The molecule has 4 aromatic heterocycles. The Morgan fingerprint density at radius 3 is 1.94 bits per heavy atom. The average Bonchev–Trinajstić information content (AvgIpc) is 3.08. The third kappa shape index (κ3) is 8.90. The highest BCUT2D eigenvalue weighted by molar-refractivity contribution is 6.07. The van der Waals surface area contributed by atoms with Crippen molar-refractivity contribution in [3.05, 3.63) is 84.4 Å². The lowest BCUT2D eigenvalue weighted by Gasteiger charge is -2.19. The average molecular weight is 666 g/mol. The van der Waals surface area contributed by atoms with Gasteiger partial charge in [-0.2, -0.15) is 0 Å². The molecule has 0 saturated heterocycles. The zero-order valence-electron chi connectivity index (χ0n) is 26.7. The van der Waals surface area contributed by atoms with Crippen LogP contribution in [0.2, 0.25) is 0 Å². The monoisotopic (exact) mass is 665 g/mol. The third-order valence-corrected chi connectivity index (χ3v) is 6.78. The molecule has 4 heterocycles. The highest BCUT2D eigenvalue weighted by Crippen LogP contribution is 2.31. The smallest absolute Gasteiger partial charge is 0.407 e. The van der Waals surface area contributed by atoms with E-state index in [9.17, 15) is 9.59 Å². The normalized spacial score (nSPS) is 11.2. The number of nitrogens with one attached hydrogen (secondary N) is 1. The fraction of sp³-hybridized carbons (Fsp3) is 0.250. The highest BCUT2D eigenvalue weighted by Gasteiger charge is 2.16. The first kappa shape index (κ1) is 35.9. The van der Waals surface area contributed by atoms with Crippen LogP contribution in [-0.4, -0.2) is 75.6 Å². The minimum absolute atomic E-state index is 0. The summed E-state index contributed by atoms with van der Waals surface area (Å²) in [6.45, 7) is 6.69. The Balaban J connectivity index is 0.000000223. The summed E-state index contributed by atoms with van der Waals surface area (Å²) < 4.78 is 16.6. The molecule has 0 bridgehead atoms. The van der Waals surface area contributed by atoms with Crippen LogP contribution in [-0.2, 0) is 4.74 Å². The largest absolute Gasteiger partial charge is 0.491 e. The van der Waals surface area contributed by atoms with Crippen LogP contribution in [0.1, 0.15) is 44.4 Å². The van der Waals surface area contributed by atoms with Gasteiger partial charge in [-0.15, -0.1) is 0 Å². The van der Waals surface area contributed by atoms with Crippen molar-refractivity contribution in [1.82, 2.24) is 25.3 Å². The van der Waals surface area contributed by atoms with E-state index in [2.05, 4.69) is 30.4 Å². The number of benzene rings is 2. The summed E-state index contributed by atoms with van der Waals surface area (Å²) in [6.07, 6.45) is 4.83. The molecule has 1 amide bonds. The Labute approximate surface area is 283 Å². The molecule has 0 unspecified atom stereocenters. The molecule has 13 nitrogen and oxygen atoms in total. The number of oxime groups is 1. The van der Waals surface area contributed by atoms with E-state index in [4.69, 9.17) is 25.2 Å². The van der Waals surface area contributed by atoms with Gasteiger partial charge < -0.3 is 30.5 Å². The maximum absolute atomic E-state index is 11.7. The van der Waals surface area contributed by atoms with Crippen LogP contribution in [0.25, 0.3) is 43.6 Å². The maximum atomic E-state index is 11.7. The van der Waals surface area contributed by atoms with Crippen LogP contribution in [0.15, 0.2) is 78.2 Å². The van der Waals surface area contributed by atoms with Gasteiger partial charge in [-0.1, -0.05) is 36.8 Å². The second-order valence-electron chi connectivity index (χ2n) is 11.4. The second kappa shape index (κ2) is 16.2. The number of hydrogen-bond acceptors (Lipinski definition) is 12. The van der Waals surface area contributed by atoms with Gasteiger partial charge in [-0.3, -0.25) is 14.8 Å². The molecule has 13 heteroatoms. The highest BCUT2D eigenvalue weighted by atomic mass is 16.6. The summed E-state index contributed by atoms with van der Waals surface area (Å²) >= 11 is 0. The van der Waals surface area contributed by atoms with E-state index in [1.807, 2.05) is 48.5 Å². The molecule has 0 saturated carbocycles. The lowest BCUT2D eigenvalue weighted by molar-refractivity contribution is 0.0520. The summed E-state index contributed by atoms with van der Waals surface area (Å²) in [5, 5.41) is 17.9. The number of amides is 1. The number of fused-ring (bicyclic) bond motifs is 6. The Kier molecular flexibility index (Phi) is 11.9. The summed E-state index contributed by atoms with van der Waals surface area (Å²) in [5.41, 5.74) is 8.48. The Morgan fingerprint density at radius 2 is 1.41 bits per heavy atom. The van der Waals surface area contributed by atoms with Crippen LogP contribution in [0.5, 0.6) is 11.5 Å². The Bertz CT molecular complexity index is 2110. The maximum Gasteiger partial charge on any atom is 0.407 e. The molecule has 6 rings (SSSR count). The van der Waals surface area contributed by atoms with E-state index in [1.54, 1.807) is 45.3 Å². The molecule has 0 aliphatic heterocycles. The van der Waals surface area contributed by atoms with Gasteiger partial charge in [-0.05, 0) is 45.0 Å². The van der Waals surface area contributed by atoms with Crippen molar-refractivity contribution in [2.75, 3.05) is 26.3 Å². The number of carbonyl (C=O) groups excluding carboxylic acids is 2. The number of nitrogens with two attached hydrogens (primary N) is 1. The topological polar surface area (TPSA) is 184 Å². The van der Waals surface area contributed by atoms with Crippen LogP contribution >= 0.6 is 0 Å². The molecule has 2 aromatic carbocycles. The molecular weight excluding hydrogens is 626 g/mol. The number of hydrogen-bond donors (Lipinski definition) is 3. The molecule has 49 heavy (non-hydrogen) atoms. The SMILES string of the molecule is C.CC(C)(C)OC(=O)NCCOc1cc(C=O)nc2c1ccc1cccnc12.NCCOc1cc(/C=N/O)nc2c1ccc1cccnc12. The van der Waals surface area contributed by atoms with Gasteiger partial charge in [-0.25, -0.2) is 14.8 Å². The van der Waals surface area contributed by atoms with E-state index in [-0.39, 0.29) is 26.3 Å². The van der Waals surface area contributed by atoms with Crippen LogP contribution < -0.4 is 20.5 Å². The Morgan fingerprint density at radius 1 is 0.857 bits per heavy atom. The van der Waals surface area contributed by atoms with Gasteiger partial charge in [0.15, 0.2) is 6.29 Å². The number of ether oxygens (including phenoxy) is 3. The van der Waals surface area contributed by atoms with Crippen LogP contribution in [0.4, 0.5) is 4.79 Å². The number of aromatic nitrogens is 4. The third-order valence-electron chi connectivity index (χ3n) is 6.78. The molecule has 0 radical (unpaired) electrons. The van der Waals surface area contributed by atoms with Crippen molar-refractivity contribution in [3.8, 4) is 11.5 Å². The van der Waals surface area contributed by atoms with Crippen molar-refractivity contribution < 1.29 is 29.0 Å². The van der Waals surface area contributed by atoms with Gasteiger partial charge in [0.25, 0.3) is 0 Å². The summed E-state index contributed by atoms with van der Waals surface area (Å²) in [6, 6.07) is 18.6. The van der Waals surface area contributed by atoms with E-state index in [0.29, 0.717) is 53.2 Å². The first-order chi connectivity index (χ1) is 23.2. The van der Waals surface area contributed by atoms with Crippen LogP contribution in [0.3, 0.4) is 0 Å². The van der Waals surface area contributed by atoms with E-state index in [1.165, 1.54) is 6.21 Å². The van der Waals surface area contributed by atoms with E-state index >= 15 is 0 Å². The van der Waals surface area contributed by atoms with E-state index < -0.39 is 11.7 Å². The molecule has 4 N–H and O–H groups in total. The Hall–Kier alpha value is -5.95. The van der Waals surface area contributed by atoms with Gasteiger partial charge in [0.2, 0.25) is 0 Å². The summed E-state index contributed by atoms with van der Waals surface area (Å²) in [5.74, 6) is 1.16. The number of aldehydes is 1. The van der Waals surface area contributed by atoms with Crippen molar-refractivity contribution in [2.45, 2.75) is 33.8 Å². The summed E-state index contributed by atoms with van der Waals surface area (Å²) in [4.78, 5) is 40.6. The van der Waals surface area contributed by atoms with Crippen LogP contribution in [0, 0.1) is 0 Å². The van der Waals surface area contributed by atoms with Crippen molar-refractivity contribution in [3.63, 3.8) is 0 Å². The standard InChI is InChI=1S/C20H21N3O4.C15H14N4O2.CH4/c1-20(2,3)27-19(25)22-9-10-26-16-11-14(12-24)23-18-15(16)7-6-13-5-4-8-21-17(13)18;16-5-7-21-13-8-11(9-18-20)19-15-12(13)4-3-10-2-1-6-17-14(10)15;/h4-8,11-12H,9-10H2,1-3H3,(H,22,25);1-4,6,8-9,20H,5,7,16H2;1H4/b;18-9+;. The van der Waals surface area contributed by atoms with Crippen molar-refractivity contribution >= 4 is 62.2 Å². The molecule has 254 valence electrons. The number of carbonyl (C=O) groups is 2. The van der Waals surface area contributed by atoms with E-state index in [0.717, 1.165) is 27.1 Å². The quantitative estimate of drug-likeness (QED) is 0.0407. The predicted molar refractivity (Wildman–Crippen MR) is 190 cm³/mol. The molecule has 0 atom stereocenters. The molecule has 6 aromatic rings. The molecule has 0 spiro atoms. The van der Waals surface area contributed by atoms with Crippen molar-refractivity contribution in [1.29, 1.82) is 0 Å². The molecular formula is C36H39N7O6. The zero-order valence-corrected chi connectivity index (χ0v) is 26.7. The molecule has 0 fully saturated rings. The van der Waals surface area contributed by atoms with Crippen molar-refractivity contribution in [2.24, 2.45) is 10.9 Å². The zero-order chi connectivity index (χ0) is 34.1. The fourth-order valence-corrected chi connectivity index (χ4v) is 4.85. The number of nitrogens with zero attached hydrogens (tertiary/aromatic N) is 5. The predicted octanol–water partition coefficient (Wildman–Crippen LogP) is 6.06. The lowest BCUT2D eigenvalue weighted by Crippen LogP contribution is -2.34. The minimum Gasteiger partial charge on any atom is -0.491 e. The minimum atomic E-state index is -0.556. The van der Waals surface area contributed by atoms with Gasteiger partial charge in [0.1, 0.15) is 47.0 Å². The number of alkyl carbamates (subject to hydrolysis) is 1. The lowest BCUT2D eigenvalue weighted by atomic mass is 10.1. The molecule has 0 aliphatic carbocycles. The first-order valence-corrected chi connectivity index (χ1v) is 15.1. The fourth-order valence-electron chi connectivity index (χ4n) is 4.85. The van der Waals surface area contributed by atoms with Gasteiger partial charge in [0.05, 0.1) is 29.5 Å². The first-order valence-electron chi connectivity index (χ1n) is 15.1. The molecule has 0 aliphatic rings.